The average Bonchev–Trinajstić information content (AvgIpc) is 3.89. The van der Waals surface area contributed by atoms with Gasteiger partial charge in [0, 0.05) is 60.4 Å². The summed E-state index contributed by atoms with van der Waals surface area (Å²) >= 11 is 0. The molecule has 0 aliphatic carbocycles. The van der Waals surface area contributed by atoms with Gasteiger partial charge in [0.15, 0.2) is 11.4 Å². The molecule has 0 radical (unpaired) electrons. The normalized spacial score (nSPS) is 11.7. The highest BCUT2D eigenvalue weighted by Crippen LogP contribution is 2.42. The molecule has 0 N–H and O–H groups in total. The van der Waals surface area contributed by atoms with E-state index in [-0.39, 0.29) is 0 Å². The highest BCUT2D eigenvalue weighted by molar-refractivity contribution is 6.22. The SMILES string of the molecule is c1ccc(-c2cc(-c3ccc(-n4c5ccccc5c5ccccc54)cc3)nc(-c3ccc(-c4nc5c(-c6ccccc6)cccc5c5c4oc4ccccc45)cc3)n2)cc1. The Bertz CT molecular complexity index is 3520. The summed E-state index contributed by atoms with van der Waals surface area (Å²) in [4.78, 5) is 15.7. The van der Waals surface area contributed by atoms with E-state index in [4.69, 9.17) is 19.4 Å². The molecule has 0 aliphatic heterocycles. The molecule has 0 fully saturated rings. The van der Waals surface area contributed by atoms with Crippen molar-refractivity contribution in [3.8, 4) is 62.0 Å². The van der Waals surface area contributed by atoms with Crippen LogP contribution in [0.3, 0.4) is 0 Å². The largest absolute Gasteiger partial charge is 0.454 e. The van der Waals surface area contributed by atoms with E-state index in [1.54, 1.807) is 0 Å². The van der Waals surface area contributed by atoms with Crippen LogP contribution in [0.2, 0.25) is 0 Å². The second-order valence-electron chi connectivity index (χ2n) is 15.2. The van der Waals surface area contributed by atoms with Crippen molar-refractivity contribution in [3.05, 3.63) is 206 Å². The molecule has 0 atom stereocenters. The van der Waals surface area contributed by atoms with E-state index in [1.165, 1.54) is 21.8 Å². The maximum atomic E-state index is 6.62. The molecule has 12 rings (SSSR count). The van der Waals surface area contributed by atoms with Crippen LogP contribution in [-0.4, -0.2) is 19.5 Å². The molecule has 8 aromatic carbocycles. The first-order chi connectivity index (χ1) is 29.7. The van der Waals surface area contributed by atoms with Crippen LogP contribution in [0.25, 0.3) is 117 Å². The summed E-state index contributed by atoms with van der Waals surface area (Å²) in [5, 5.41) is 5.70. The number of benzene rings is 8. The van der Waals surface area contributed by atoms with Gasteiger partial charge >= 0.3 is 0 Å². The highest BCUT2D eigenvalue weighted by Gasteiger charge is 2.20. The molecule has 0 spiro atoms. The minimum atomic E-state index is 0.649. The van der Waals surface area contributed by atoms with E-state index in [9.17, 15) is 0 Å². The first-order valence-corrected chi connectivity index (χ1v) is 20.2. The van der Waals surface area contributed by atoms with E-state index in [0.29, 0.717) is 5.82 Å². The molecule has 4 heterocycles. The molecule has 0 saturated heterocycles. The second kappa shape index (κ2) is 13.8. The van der Waals surface area contributed by atoms with Crippen molar-refractivity contribution in [1.82, 2.24) is 19.5 Å². The van der Waals surface area contributed by atoms with Gasteiger partial charge in [-0.15, -0.1) is 0 Å². The van der Waals surface area contributed by atoms with Crippen LogP contribution in [0, 0.1) is 0 Å². The third kappa shape index (κ3) is 5.52. The molecule has 4 aromatic heterocycles. The minimum absolute atomic E-state index is 0.649. The standard InChI is InChI=1S/C55H34N4O/c1-3-14-35(15-4-1)41-21-13-22-45-51-44-20-9-12-25-50(44)60-54(51)52(58-53(41)45)38-26-28-39(29-27-38)55-56-46(36-16-5-2-6-17-36)34-47(57-55)37-30-32-40(33-31-37)59-48-23-10-7-18-42(48)43-19-8-11-24-49(43)59/h1-34H. The van der Waals surface area contributed by atoms with Gasteiger partial charge in [0.2, 0.25) is 0 Å². The number of para-hydroxylation sites is 4. The Labute approximate surface area is 345 Å². The number of pyridine rings is 1. The van der Waals surface area contributed by atoms with Gasteiger partial charge < -0.3 is 8.98 Å². The van der Waals surface area contributed by atoms with Crippen molar-refractivity contribution >= 4 is 54.6 Å². The Balaban J connectivity index is 0.978. The van der Waals surface area contributed by atoms with Crippen molar-refractivity contribution < 1.29 is 4.42 Å². The molecule has 0 aliphatic rings. The van der Waals surface area contributed by atoms with Crippen molar-refractivity contribution in [2.75, 3.05) is 0 Å². The Kier molecular flexibility index (Phi) is 7.78. The molecule has 280 valence electrons. The van der Waals surface area contributed by atoms with Crippen LogP contribution in [0.4, 0.5) is 0 Å². The molecule has 12 aromatic rings. The van der Waals surface area contributed by atoms with Crippen molar-refractivity contribution in [1.29, 1.82) is 0 Å². The number of hydrogen-bond acceptors (Lipinski definition) is 4. The summed E-state index contributed by atoms with van der Waals surface area (Å²) in [6.07, 6.45) is 0. The highest BCUT2D eigenvalue weighted by atomic mass is 16.3. The molecule has 5 nitrogen and oxygen atoms in total. The van der Waals surface area contributed by atoms with Crippen LogP contribution in [0.15, 0.2) is 211 Å². The lowest BCUT2D eigenvalue weighted by Crippen LogP contribution is -1.97. The Morgan fingerprint density at radius 2 is 0.917 bits per heavy atom. The average molecular weight is 767 g/mol. The Hall–Kier alpha value is -8.15. The monoisotopic (exact) mass is 766 g/mol. The lowest BCUT2D eigenvalue weighted by atomic mass is 9.97. The van der Waals surface area contributed by atoms with Gasteiger partial charge in [-0.1, -0.05) is 170 Å². The van der Waals surface area contributed by atoms with Gasteiger partial charge in [0.05, 0.1) is 27.9 Å². The van der Waals surface area contributed by atoms with Crippen molar-refractivity contribution in [2.24, 2.45) is 0 Å². The van der Waals surface area contributed by atoms with E-state index in [2.05, 4.69) is 174 Å². The third-order valence-electron chi connectivity index (χ3n) is 11.6. The zero-order valence-corrected chi connectivity index (χ0v) is 32.3. The van der Waals surface area contributed by atoms with Crippen molar-refractivity contribution in [3.63, 3.8) is 0 Å². The van der Waals surface area contributed by atoms with E-state index < -0.39 is 0 Å². The lowest BCUT2D eigenvalue weighted by Gasteiger charge is -2.12. The number of nitrogens with zero attached hydrogens (tertiary/aromatic N) is 4. The van der Waals surface area contributed by atoms with E-state index >= 15 is 0 Å². The number of aromatic nitrogens is 4. The van der Waals surface area contributed by atoms with Crippen LogP contribution in [0.5, 0.6) is 0 Å². The second-order valence-corrected chi connectivity index (χ2v) is 15.2. The van der Waals surface area contributed by atoms with Gasteiger partial charge in [-0.25, -0.2) is 15.0 Å². The molecule has 0 unspecified atom stereocenters. The summed E-state index contributed by atoms with van der Waals surface area (Å²) in [6, 6.07) is 71.8. The smallest absolute Gasteiger partial charge is 0.162 e. The molecule has 5 heteroatoms. The Morgan fingerprint density at radius 3 is 1.60 bits per heavy atom. The fourth-order valence-electron chi connectivity index (χ4n) is 8.79. The van der Waals surface area contributed by atoms with Gasteiger partial charge in [-0.05, 0) is 42.0 Å². The van der Waals surface area contributed by atoms with E-state index in [1.807, 2.05) is 36.4 Å². The van der Waals surface area contributed by atoms with E-state index in [0.717, 1.165) is 89.0 Å². The maximum absolute atomic E-state index is 6.62. The first kappa shape index (κ1) is 33.9. The number of fused-ring (bicyclic) bond motifs is 8. The fourth-order valence-corrected chi connectivity index (χ4v) is 8.79. The predicted octanol–water partition coefficient (Wildman–Crippen LogP) is 14.4. The summed E-state index contributed by atoms with van der Waals surface area (Å²) in [7, 11) is 0. The summed E-state index contributed by atoms with van der Waals surface area (Å²) in [6.45, 7) is 0. The zero-order valence-electron chi connectivity index (χ0n) is 32.3. The van der Waals surface area contributed by atoms with Crippen LogP contribution in [0.1, 0.15) is 0 Å². The molecule has 0 bridgehead atoms. The zero-order chi connectivity index (χ0) is 39.6. The maximum Gasteiger partial charge on any atom is 0.162 e. The van der Waals surface area contributed by atoms with Crippen LogP contribution >= 0.6 is 0 Å². The van der Waals surface area contributed by atoms with Crippen LogP contribution < -0.4 is 0 Å². The number of rotatable bonds is 6. The molecule has 60 heavy (non-hydrogen) atoms. The third-order valence-corrected chi connectivity index (χ3v) is 11.6. The Morgan fingerprint density at radius 1 is 0.383 bits per heavy atom. The fraction of sp³-hybridized carbons (Fsp3) is 0. The first-order valence-electron chi connectivity index (χ1n) is 20.2. The summed E-state index contributed by atoms with van der Waals surface area (Å²) in [5.74, 6) is 0.649. The quantitative estimate of drug-likeness (QED) is 0.169. The number of hydrogen-bond donors (Lipinski definition) is 0. The molecule has 0 saturated carbocycles. The summed E-state index contributed by atoms with van der Waals surface area (Å²) in [5.41, 5.74) is 14.6. The molecular weight excluding hydrogens is 733 g/mol. The molecule has 0 amide bonds. The topological polar surface area (TPSA) is 56.7 Å². The van der Waals surface area contributed by atoms with Crippen LogP contribution in [-0.2, 0) is 0 Å². The van der Waals surface area contributed by atoms with Gasteiger partial charge in [-0.3, -0.25) is 0 Å². The lowest BCUT2D eigenvalue weighted by molar-refractivity contribution is 0.669. The minimum Gasteiger partial charge on any atom is -0.454 e. The van der Waals surface area contributed by atoms with Crippen molar-refractivity contribution in [2.45, 2.75) is 0 Å². The van der Waals surface area contributed by atoms with Gasteiger partial charge in [-0.2, -0.15) is 0 Å². The molecular formula is C55H34N4O. The van der Waals surface area contributed by atoms with Gasteiger partial charge in [0.1, 0.15) is 11.3 Å². The summed E-state index contributed by atoms with van der Waals surface area (Å²) < 4.78 is 8.96. The van der Waals surface area contributed by atoms with Gasteiger partial charge in [0.25, 0.3) is 0 Å². The predicted molar refractivity (Wildman–Crippen MR) is 246 cm³/mol. The number of furan rings is 1.